The minimum absolute atomic E-state index is 0.715. The van der Waals surface area contributed by atoms with Crippen LogP contribution in [0, 0.1) is 19.8 Å². The van der Waals surface area contributed by atoms with E-state index in [9.17, 15) is 0 Å². The molecule has 1 aliphatic carbocycles. The van der Waals surface area contributed by atoms with Crippen LogP contribution in [0.25, 0.3) is 22.2 Å². The van der Waals surface area contributed by atoms with Crippen molar-refractivity contribution in [3.63, 3.8) is 0 Å². The Balaban J connectivity index is 1.71. The van der Waals surface area contributed by atoms with E-state index in [1.54, 1.807) is 0 Å². The van der Waals surface area contributed by atoms with Gasteiger partial charge in [0.2, 0.25) is 0 Å². The van der Waals surface area contributed by atoms with Crippen LogP contribution in [0.1, 0.15) is 55.2 Å². The van der Waals surface area contributed by atoms with Crippen molar-refractivity contribution in [3.8, 4) is 11.3 Å². The van der Waals surface area contributed by atoms with E-state index in [1.807, 2.05) is 0 Å². The van der Waals surface area contributed by atoms with Gasteiger partial charge in [-0.1, -0.05) is 55.2 Å². The molecule has 4 rings (SSSR count). The van der Waals surface area contributed by atoms with Gasteiger partial charge in [0.15, 0.2) is 0 Å². The van der Waals surface area contributed by atoms with Gasteiger partial charge in [0.25, 0.3) is 0 Å². The molecule has 0 spiro atoms. The van der Waals surface area contributed by atoms with Crippen LogP contribution in [0.4, 0.5) is 0 Å². The Hall–Kier alpha value is -2.15. The predicted octanol–water partition coefficient (Wildman–Crippen LogP) is 6.81. The standard InChI is InChI=1S/C24H27N/c1-16-4-6-19(7-5-16)21-9-8-20-10-11-23(25-24(20)15-21)22-13-17(2)12-18(3)14-22/h8-16,19H,4-7H2,1-3H3. The number of rotatable bonds is 2. The van der Waals surface area contributed by atoms with Crippen molar-refractivity contribution in [2.75, 3.05) is 0 Å². The second-order valence-corrected chi connectivity index (χ2v) is 7.98. The molecule has 0 aliphatic heterocycles. The lowest BCUT2D eigenvalue weighted by atomic mass is 9.79. The zero-order valence-corrected chi connectivity index (χ0v) is 15.5. The molecule has 1 heterocycles. The highest BCUT2D eigenvalue weighted by Crippen LogP contribution is 2.36. The molecule has 25 heavy (non-hydrogen) atoms. The summed E-state index contributed by atoms with van der Waals surface area (Å²) < 4.78 is 0. The minimum Gasteiger partial charge on any atom is -0.248 e. The van der Waals surface area contributed by atoms with Gasteiger partial charge in [0.1, 0.15) is 0 Å². The fraction of sp³-hybridized carbons (Fsp3) is 0.375. The molecule has 0 amide bonds. The summed E-state index contributed by atoms with van der Waals surface area (Å²) in [5.74, 6) is 1.61. The Morgan fingerprint density at radius 2 is 1.48 bits per heavy atom. The van der Waals surface area contributed by atoms with Gasteiger partial charge in [-0.2, -0.15) is 0 Å². The first kappa shape index (κ1) is 16.3. The van der Waals surface area contributed by atoms with Crippen molar-refractivity contribution in [3.05, 3.63) is 65.2 Å². The van der Waals surface area contributed by atoms with Crippen LogP contribution in [-0.2, 0) is 0 Å². The van der Waals surface area contributed by atoms with Gasteiger partial charge in [-0.05, 0) is 68.4 Å². The molecule has 1 aromatic heterocycles. The fourth-order valence-electron chi connectivity index (χ4n) is 4.26. The molecule has 3 aromatic rings. The molecule has 0 bridgehead atoms. The Bertz CT molecular complexity index is 881. The summed E-state index contributed by atoms with van der Waals surface area (Å²) in [6, 6.07) is 17.9. The zero-order chi connectivity index (χ0) is 17.4. The van der Waals surface area contributed by atoms with E-state index in [1.165, 1.54) is 53.3 Å². The number of hydrogen-bond donors (Lipinski definition) is 0. The highest BCUT2D eigenvalue weighted by atomic mass is 14.7. The van der Waals surface area contributed by atoms with E-state index in [2.05, 4.69) is 69.3 Å². The fourth-order valence-corrected chi connectivity index (χ4v) is 4.26. The highest BCUT2D eigenvalue weighted by Gasteiger charge is 2.20. The SMILES string of the molecule is Cc1cc(C)cc(-c2ccc3ccc(C4CCC(C)CC4)cc3n2)c1. The van der Waals surface area contributed by atoms with Crippen LogP contribution in [0.3, 0.4) is 0 Å². The Labute approximate surface area is 151 Å². The predicted molar refractivity (Wildman–Crippen MR) is 107 cm³/mol. The molecule has 2 aromatic carbocycles. The Morgan fingerprint density at radius 1 is 0.800 bits per heavy atom. The monoisotopic (exact) mass is 329 g/mol. The summed E-state index contributed by atoms with van der Waals surface area (Å²) in [5, 5.41) is 1.24. The topological polar surface area (TPSA) is 12.9 Å². The number of nitrogens with zero attached hydrogens (tertiary/aromatic N) is 1. The Morgan fingerprint density at radius 3 is 2.20 bits per heavy atom. The third kappa shape index (κ3) is 3.46. The van der Waals surface area contributed by atoms with Gasteiger partial charge in [-0.15, -0.1) is 0 Å². The van der Waals surface area contributed by atoms with Crippen molar-refractivity contribution in [2.24, 2.45) is 5.92 Å². The molecule has 1 aliphatic rings. The third-order valence-corrected chi connectivity index (χ3v) is 5.72. The highest BCUT2D eigenvalue weighted by molar-refractivity contribution is 5.82. The maximum Gasteiger partial charge on any atom is 0.0712 e. The molecule has 1 heteroatoms. The molecule has 1 saturated carbocycles. The molecule has 1 nitrogen and oxygen atoms in total. The normalized spacial score (nSPS) is 20.8. The molecule has 128 valence electrons. The van der Waals surface area contributed by atoms with Crippen LogP contribution in [0.15, 0.2) is 48.5 Å². The molecule has 1 fully saturated rings. The van der Waals surface area contributed by atoms with Gasteiger partial charge in [0, 0.05) is 10.9 Å². The molecule has 0 saturated heterocycles. The number of benzene rings is 2. The van der Waals surface area contributed by atoms with Crippen LogP contribution < -0.4 is 0 Å². The lowest BCUT2D eigenvalue weighted by Gasteiger charge is -2.26. The van der Waals surface area contributed by atoms with Crippen LogP contribution in [0.2, 0.25) is 0 Å². The van der Waals surface area contributed by atoms with Gasteiger partial charge in [0.05, 0.1) is 11.2 Å². The maximum atomic E-state index is 5.00. The van der Waals surface area contributed by atoms with Crippen LogP contribution in [-0.4, -0.2) is 4.98 Å². The second kappa shape index (κ2) is 6.63. The van der Waals surface area contributed by atoms with E-state index in [-0.39, 0.29) is 0 Å². The van der Waals surface area contributed by atoms with Crippen LogP contribution in [0.5, 0.6) is 0 Å². The molecule has 0 radical (unpaired) electrons. The minimum atomic E-state index is 0.715. The van der Waals surface area contributed by atoms with Crippen molar-refractivity contribution >= 4 is 10.9 Å². The largest absolute Gasteiger partial charge is 0.248 e. The van der Waals surface area contributed by atoms with E-state index in [4.69, 9.17) is 4.98 Å². The number of aryl methyl sites for hydroxylation is 2. The van der Waals surface area contributed by atoms with Crippen molar-refractivity contribution in [1.29, 1.82) is 0 Å². The first-order valence-corrected chi connectivity index (χ1v) is 9.58. The van der Waals surface area contributed by atoms with E-state index < -0.39 is 0 Å². The summed E-state index contributed by atoms with van der Waals surface area (Å²) in [7, 11) is 0. The first-order valence-electron chi connectivity index (χ1n) is 9.58. The summed E-state index contributed by atoms with van der Waals surface area (Å²) in [5.41, 5.74) is 7.49. The quantitative estimate of drug-likeness (QED) is 0.503. The molecular formula is C24H27N. The number of pyridine rings is 1. The lowest BCUT2D eigenvalue weighted by Crippen LogP contribution is -2.10. The molecule has 0 atom stereocenters. The summed E-state index contributed by atoms with van der Waals surface area (Å²) in [6.07, 6.45) is 5.37. The molecule has 0 N–H and O–H groups in total. The number of fused-ring (bicyclic) bond motifs is 1. The average molecular weight is 329 g/mol. The second-order valence-electron chi connectivity index (χ2n) is 7.98. The van der Waals surface area contributed by atoms with Gasteiger partial charge in [-0.25, -0.2) is 4.98 Å². The maximum absolute atomic E-state index is 5.00. The average Bonchev–Trinajstić information content (AvgIpc) is 2.60. The zero-order valence-electron chi connectivity index (χ0n) is 15.5. The van der Waals surface area contributed by atoms with Gasteiger partial charge < -0.3 is 0 Å². The Kier molecular flexibility index (Phi) is 4.33. The van der Waals surface area contributed by atoms with Gasteiger partial charge in [-0.3, -0.25) is 0 Å². The van der Waals surface area contributed by atoms with E-state index >= 15 is 0 Å². The molecular weight excluding hydrogens is 302 g/mol. The summed E-state index contributed by atoms with van der Waals surface area (Å²) in [4.78, 5) is 5.00. The summed E-state index contributed by atoms with van der Waals surface area (Å²) >= 11 is 0. The molecule has 0 unspecified atom stereocenters. The number of hydrogen-bond acceptors (Lipinski definition) is 1. The first-order chi connectivity index (χ1) is 12.1. The lowest BCUT2D eigenvalue weighted by molar-refractivity contribution is 0.348. The number of aromatic nitrogens is 1. The van der Waals surface area contributed by atoms with Crippen molar-refractivity contribution in [2.45, 2.75) is 52.4 Å². The third-order valence-electron chi connectivity index (χ3n) is 5.72. The van der Waals surface area contributed by atoms with Crippen molar-refractivity contribution < 1.29 is 0 Å². The van der Waals surface area contributed by atoms with Gasteiger partial charge >= 0.3 is 0 Å². The smallest absolute Gasteiger partial charge is 0.0712 e. The van der Waals surface area contributed by atoms with Crippen LogP contribution >= 0.6 is 0 Å². The summed E-state index contributed by atoms with van der Waals surface area (Å²) in [6.45, 7) is 6.69. The van der Waals surface area contributed by atoms with E-state index in [0.717, 1.165) is 17.1 Å². The van der Waals surface area contributed by atoms with Crippen molar-refractivity contribution in [1.82, 2.24) is 4.98 Å². The van der Waals surface area contributed by atoms with E-state index in [0.29, 0.717) is 5.92 Å².